The van der Waals surface area contributed by atoms with Crippen molar-refractivity contribution in [3.63, 3.8) is 0 Å². The summed E-state index contributed by atoms with van der Waals surface area (Å²) in [6.45, 7) is -0.614. The van der Waals surface area contributed by atoms with E-state index in [4.69, 9.17) is 18.6 Å². The molecule has 1 aliphatic heterocycles. The summed E-state index contributed by atoms with van der Waals surface area (Å²) in [5.74, 6) is 0.169. The molecule has 1 aromatic heterocycles. The first-order valence-electron chi connectivity index (χ1n) is 9.74. The summed E-state index contributed by atoms with van der Waals surface area (Å²) in [6.07, 6.45) is -6.14. The zero-order valence-corrected chi connectivity index (χ0v) is 16.9. The Morgan fingerprint density at radius 3 is 2.38 bits per heavy atom. The fourth-order valence-electron chi connectivity index (χ4n) is 3.54. The van der Waals surface area contributed by atoms with Crippen LogP contribution in [0.3, 0.4) is 0 Å². The number of methoxy groups -OCH3 is 1. The van der Waals surface area contributed by atoms with Crippen molar-refractivity contribution in [2.45, 2.75) is 30.7 Å². The summed E-state index contributed by atoms with van der Waals surface area (Å²) in [5, 5.41) is 49.6. The van der Waals surface area contributed by atoms with Gasteiger partial charge in [0, 0.05) is 12.1 Å². The number of hydrogen-bond donors (Lipinski definition) is 5. The van der Waals surface area contributed by atoms with Crippen LogP contribution in [0.2, 0.25) is 0 Å². The van der Waals surface area contributed by atoms with Crippen LogP contribution in [0.5, 0.6) is 17.2 Å². The molecule has 2 unspecified atom stereocenters. The number of phenols is 1. The van der Waals surface area contributed by atoms with E-state index < -0.39 is 48.5 Å². The molecule has 10 nitrogen and oxygen atoms in total. The summed E-state index contributed by atoms with van der Waals surface area (Å²) in [4.78, 5) is 13.0. The number of benzene rings is 2. The minimum atomic E-state index is -1.63. The molecule has 1 saturated heterocycles. The van der Waals surface area contributed by atoms with Crippen LogP contribution in [0.15, 0.2) is 51.9 Å². The predicted octanol–water partition coefficient (Wildman–Crippen LogP) is 0.353. The van der Waals surface area contributed by atoms with Crippen molar-refractivity contribution in [3.05, 3.63) is 52.9 Å². The zero-order valence-electron chi connectivity index (χ0n) is 16.9. The van der Waals surface area contributed by atoms with Crippen LogP contribution in [0.1, 0.15) is 0 Å². The molecule has 170 valence electrons. The van der Waals surface area contributed by atoms with E-state index in [1.165, 1.54) is 19.4 Å². The second-order valence-corrected chi connectivity index (χ2v) is 7.34. The molecule has 32 heavy (non-hydrogen) atoms. The first kappa shape index (κ1) is 22.1. The normalized spacial score (nSPS) is 25.6. The fourth-order valence-corrected chi connectivity index (χ4v) is 3.54. The number of ether oxygens (including phenoxy) is 3. The van der Waals surface area contributed by atoms with Crippen molar-refractivity contribution in [1.82, 2.24) is 0 Å². The number of rotatable bonds is 5. The largest absolute Gasteiger partial charge is 0.507 e. The van der Waals surface area contributed by atoms with Gasteiger partial charge in [0.1, 0.15) is 58.9 Å². The van der Waals surface area contributed by atoms with E-state index in [0.717, 1.165) is 6.07 Å². The van der Waals surface area contributed by atoms with Gasteiger partial charge in [0.25, 0.3) is 0 Å². The third kappa shape index (κ3) is 3.90. The first-order valence-corrected chi connectivity index (χ1v) is 9.74. The van der Waals surface area contributed by atoms with Gasteiger partial charge in [-0.3, -0.25) is 4.79 Å². The number of aromatic hydroxyl groups is 1. The van der Waals surface area contributed by atoms with E-state index in [1.807, 2.05) is 0 Å². The topological polar surface area (TPSA) is 159 Å². The average molecular weight is 446 g/mol. The maximum absolute atomic E-state index is 13.0. The van der Waals surface area contributed by atoms with E-state index in [-0.39, 0.29) is 22.3 Å². The molecule has 0 saturated carbocycles. The van der Waals surface area contributed by atoms with Crippen LogP contribution in [-0.4, -0.2) is 70.0 Å². The lowest BCUT2D eigenvalue weighted by atomic mass is 9.99. The third-order valence-corrected chi connectivity index (χ3v) is 5.33. The molecule has 5 atom stereocenters. The minimum absolute atomic E-state index is 0.0202. The summed E-state index contributed by atoms with van der Waals surface area (Å²) < 4.78 is 21.4. The Kier molecular flexibility index (Phi) is 6.04. The first-order chi connectivity index (χ1) is 15.3. The molecule has 0 bridgehead atoms. The zero-order chi connectivity index (χ0) is 23.0. The molecule has 4 rings (SSSR count). The van der Waals surface area contributed by atoms with Crippen molar-refractivity contribution >= 4 is 11.0 Å². The van der Waals surface area contributed by atoms with E-state index in [9.17, 15) is 30.3 Å². The van der Waals surface area contributed by atoms with Crippen molar-refractivity contribution in [2.75, 3.05) is 13.7 Å². The Labute approximate surface area is 181 Å². The number of aliphatic hydroxyl groups excluding tert-OH is 4. The molecule has 10 heteroatoms. The second-order valence-electron chi connectivity index (χ2n) is 7.34. The van der Waals surface area contributed by atoms with Crippen LogP contribution in [-0.2, 0) is 4.74 Å². The van der Waals surface area contributed by atoms with Crippen LogP contribution in [0, 0.1) is 0 Å². The van der Waals surface area contributed by atoms with Crippen LogP contribution >= 0.6 is 0 Å². The van der Waals surface area contributed by atoms with Crippen LogP contribution in [0.25, 0.3) is 22.1 Å². The minimum Gasteiger partial charge on any atom is -0.507 e. The quantitative estimate of drug-likeness (QED) is 0.370. The Morgan fingerprint density at radius 1 is 1.00 bits per heavy atom. The van der Waals surface area contributed by atoms with Gasteiger partial charge in [-0.25, -0.2) is 0 Å². The van der Waals surface area contributed by atoms with Gasteiger partial charge < -0.3 is 44.2 Å². The molecule has 0 radical (unpaired) electrons. The Morgan fingerprint density at radius 2 is 1.72 bits per heavy atom. The van der Waals surface area contributed by atoms with Gasteiger partial charge in [0.15, 0.2) is 0 Å². The molecular weight excluding hydrogens is 424 g/mol. The number of aliphatic hydroxyl groups is 4. The number of hydrogen-bond acceptors (Lipinski definition) is 10. The monoisotopic (exact) mass is 446 g/mol. The average Bonchev–Trinajstić information content (AvgIpc) is 2.79. The highest BCUT2D eigenvalue weighted by Crippen LogP contribution is 2.32. The van der Waals surface area contributed by atoms with Crippen molar-refractivity contribution < 1.29 is 44.2 Å². The van der Waals surface area contributed by atoms with Gasteiger partial charge in [-0.15, -0.1) is 0 Å². The SMILES string of the molecule is COc1ccc(-c2coc3cc(O[C@@H]4OC(CO)[C@@H](O)C(O)[C@@H]4O)cc(O)c3c2=O)cc1. The van der Waals surface area contributed by atoms with Crippen molar-refractivity contribution in [2.24, 2.45) is 0 Å². The predicted molar refractivity (Wildman–Crippen MR) is 111 cm³/mol. The molecule has 0 amide bonds. The second kappa shape index (κ2) is 8.77. The van der Waals surface area contributed by atoms with Gasteiger partial charge in [-0.1, -0.05) is 12.1 Å². The summed E-state index contributed by atoms with van der Waals surface area (Å²) in [5.41, 5.74) is 0.362. The molecule has 1 aliphatic rings. The van der Waals surface area contributed by atoms with Crippen LogP contribution < -0.4 is 14.9 Å². The van der Waals surface area contributed by atoms with Crippen LogP contribution in [0.4, 0.5) is 0 Å². The molecule has 0 aliphatic carbocycles. The Bertz CT molecular complexity index is 1150. The van der Waals surface area contributed by atoms with Gasteiger partial charge in [-0.2, -0.15) is 0 Å². The van der Waals surface area contributed by atoms with Crippen molar-refractivity contribution in [1.29, 1.82) is 0 Å². The standard InChI is InChI=1S/C22H22O10/c1-29-11-4-2-10(3-5-11)13-9-30-15-7-12(6-14(24)17(15)18(13)25)31-22-21(28)20(27)19(26)16(8-23)32-22/h2-7,9,16,19-24,26-28H,8H2,1H3/t16?,19-,20?,21+,22-/m1/s1. The summed E-state index contributed by atoms with van der Waals surface area (Å²) in [7, 11) is 1.53. The molecule has 2 aromatic carbocycles. The van der Waals surface area contributed by atoms with Gasteiger partial charge in [0.2, 0.25) is 11.7 Å². The van der Waals surface area contributed by atoms with E-state index in [0.29, 0.717) is 11.3 Å². The maximum Gasteiger partial charge on any atom is 0.229 e. The molecule has 5 N–H and O–H groups in total. The lowest BCUT2D eigenvalue weighted by Gasteiger charge is -2.39. The van der Waals surface area contributed by atoms with E-state index in [2.05, 4.69) is 0 Å². The highest BCUT2D eigenvalue weighted by atomic mass is 16.7. The van der Waals surface area contributed by atoms with E-state index in [1.54, 1.807) is 24.3 Å². The van der Waals surface area contributed by atoms with Gasteiger partial charge in [0.05, 0.1) is 19.3 Å². The lowest BCUT2D eigenvalue weighted by molar-refractivity contribution is -0.277. The lowest BCUT2D eigenvalue weighted by Crippen LogP contribution is -2.60. The molecule has 2 heterocycles. The Hall–Kier alpha value is -3.15. The molecule has 3 aromatic rings. The molecule has 0 spiro atoms. The summed E-state index contributed by atoms with van der Waals surface area (Å²) >= 11 is 0. The number of fused-ring (bicyclic) bond motifs is 1. The fraction of sp³-hybridized carbons (Fsp3) is 0.318. The maximum atomic E-state index is 13.0. The van der Waals surface area contributed by atoms with Crippen molar-refractivity contribution in [3.8, 4) is 28.4 Å². The third-order valence-electron chi connectivity index (χ3n) is 5.33. The molecule has 1 fully saturated rings. The highest BCUT2D eigenvalue weighted by Gasteiger charge is 2.44. The van der Waals surface area contributed by atoms with Gasteiger partial charge in [-0.05, 0) is 17.7 Å². The summed E-state index contributed by atoms with van der Waals surface area (Å²) in [6, 6.07) is 9.20. The smallest absolute Gasteiger partial charge is 0.229 e. The van der Waals surface area contributed by atoms with Gasteiger partial charge >= 0.3 is 0 Å². The van der Waals surface area contributed by atoms with E-state index >= 15 is 0 Å². The Balaban J connectivity index is 1.66. The molecular formula is C22H22O10. The highest BCUT2D eigenvalue weighted by molar-refractivity contribution is 5.88. The number of phenolic OH excluding ortho intramolecular Hbond substituents is 1.